The highest BCUT2D eigenvalue weighted by atomic mass is 16.5. The maximum Gasteiger partial charge on any atom is 0.335 e. The Kier molecular flexibility index (Phi) is 5.55. The first-order valence-corrected chi connectivity index (χ1v) is 10.4. The SMILES string of the molecule is CCN1CCC[C@@H]1Cn1c(=O)n(C[C@H]2CCCCO2)c2cc(C(=O)O)ccc21. The number of carboxylic acid groups (broad SMARTS) is 1. The zero-order valence-electron chi connectivity index (χ0n) is 16.5. The van der Waals surface area contributed by atoms with Gasteiger partial charge in [0.2, 0.25) is 0 Å². The molecule has 0 unspecified atom stereocenters. The van der Waals surface area contributed by atoms with Gasteiger partial charge in [-0.15, -0.1) is 0 Å². The van der Waals surface area contributed by atoms with Crippen LogP contribution in [-0.4, -0.2) is 57.0 Å². The van der Waals surface area contributed by atoms with E-state index >= 15 is 0 Å². The molecule has 1 N–H and O–H groups in total. The number of aromatic carboxylic acids is 1. The minimum Gasteiger partial charge on any atom is -0.478 e. The highest BCUT2D eigenvalue weighted by Gasteiger charge is 2.26. The van der Waals surface area contributed by atoms with E-state index in [9.17, 15) is 14.7 Å². The second-order valence-electron chi connectivity index (χ2n) is 7.93. The minimum atomic E-state index is -0.976. The van der Waals surface area contributed by atoms with Crippen molar-refractivity contribution in [1.29, 1.82) is 0 Å². The fourth-order valence-corrected chi connectivity index (χ4v) is 4.69. The molecular weight excluding hydrogens is 358 g/mol. The van der Waals surface area contributed by atoms with E-state index in [0.717, 1.165) is 57.3 Å². The first-order valence-electron chi connectivity index (χ1n) is 10.4. The Bertz CT molecular complexity index is 910. The number of hydrogen-bond donors (Lipinski definition) is 1. The van der Waals surface area contributed by atoms with Gasteiger partial charge in [0.05, 0.1) is 29.2 Å². The lowest BCUT2D eigenvalue weighted by molar-refractivity contribution is 0.00599. The Morgan fingerprint density at radius 1 is 1.14 bits per heavy atom. The van der Waals surface area contributed by atoms with Crippen LogP contribution in [0.2, 0.25) is 0 Å². The number of imidazole rings is 1. The molecule has 2 saturated heterocycles. The first kappa shape index (κ1) is 19.2. The molecule has 7 nitrogen and oxygen atoms in total. The number of carbonyl (C=O) groups is 1. The van der Waals surface area contributed by atoms with Gasteiger partial charge in [0, 0.05) is 19.2 Å². The number of nitrogens with zero attached hydrogens (tertiary/aromatic N) is 3. The van der Waals surface area contributed by atoms with Crippen molar-refractivity contribution in [3.63, 3.8) is 0 Å². The van der Waals surface area contributed by atoms with Gasteiger partial charge in [0.1, 0.15) is 0 Å². The number of carboxylic acids is 1. The van der Waals surface area contributed by atoms with Gasteiger partial charge < -0.3 is 9.84 Å². The zero-order chi connectivity index (χ0) is 19.7. The van der Waals surface area contributed by atoms with Crippen LogP contribution in [0, 0.1) is 0 Å². The fraction of sp³-hybridized carbons (Fsp3) is 0.619. The van der Waals surface area contributed by atoms with Gasteiger partial charge in [-0.05, 0) is 63.4 Å². The summed E-state index contributed by atoms with van der Waals surface area (Å²) in [4.78, 5) is 27.2. The lowest BCUT2D eigenvalue weighted by Crippen LogP contribution is -2.37. The van der Waals surface area contributed by atoms with Crippen LogP contribution >= 0.6 is 0 Å². The van der Waals surface area contributed by atoms with E-state index in [1.54, 1.807) is 22.8 Å². The topological polar surface area (TPSA) is 76.7 Å². The van der Waals surface area contributed by atoms with Crippen molar-refractivity contribution in [2.45, 2.75) is 64.3 Å². The molecule has 152 valence electrons. The number of hydrogen-bond acceptors (Lipinski definition) is 4. The van der Waals surface area contributed by atoms with Crippen LogP contribution in [0.25, 0.3) is 11.0 Å². The summed E-state index contributed by atoms with van der Waals surface area (Å²) in [5, 5.41) is 9.40. The van der Waals surface area contributed by atoms with Crippen molar-refractivity contribution in [3.05, 3.63) is 34.2 Å². The van der Waals surface area contributed by atoms with Crippen molar-refractivity contribution in [2.75, 3.05) is 19.7 Å². The van der Waals surface area contributed by atoms with E-state index < -0.39 is 5.97 Å². The minimum absolute atomic E-state index is 0.0117. The Hall–Kier alpha value is -2.12. The first-order chi connectivity index (χ1) is 13.6. The van der Waals surface area contributed by atoms with Gasteiger partial charge >= 0.3 is 11.7 Å². The molecule has 0 amide bonds. The third-order valence-corrected chi connectivity index (χ3v) is 6.22. The number of likely N-dealkylation sites (N-methyl/N-ethyl adjacent to an activating group) is 1. The number of benzene rings is 1. The molecule has 0 aliphatic carbocycles. The van der Waals surface area contributed by atoms with E-state index in [2.05, 4.69) is 11.8 Å². The summed E-state index contributed by atoms with van der Waals surface area (Å²) in [6, 6.07) is 5.36. The van der Waals surface area contributed by atoms with E-state index in [4.69, 9.17) is 4.74 Å². The molecule has 1 aromatic carbocycles. The average molecular weight is 387 g/mol. The molecule has 1 aromatic heterocycles. The van der Waals surface area contributed by atoms with Gasteiger partial charge in [0.15, 0.2) is 0 Å². The second kappa shape index (κ2) is 8.09. The third kappa shape index (κ3) is 3.61. The Morgan fingerprint density at radius 3 is 2.68 bits per heavy atom. The second-order valence-corrected chi connectivity index (χ2v) is 7.93. The van der Waals surface area contributed by atoms with E-state index in [1.165, 1.54) is 0 Å². The predicted octanol–water partition coefficient (Wildman–Crippen LogP) is 2.55. The number of aromatic nitrogens is 2. The maximum absolute atomic E-state index is 13.3. The monoisotopic (exact) mass is 387 g/mol. The highest BCUT2D eigenvalue weighted by Crippen LogP contribution is 2.23. The van der Waals surface area contributed by atoms with Crippen molar-refractivity contribution in [1.82, 2.24) is 14.0 Å². The Labute approximate surface area is 164 Å². The van der Waals surface area contributed by atoms with Gasteiger partial charge in [-0.2, -0.15) is 0 Å². The summed E-state index contributed by atoms with van der Waals surface area (Å²) >= 11 is 0. The average Bonchev–Trinajstić information content (AvgIpc) is 3.26. The summed E-state index contributed by atoms with van der Waals surface area (Å²) in [7, 11) is 0. The largest absolute Gasteiger partial charge is 0.478 e. The van der Waals surface area contributed by atoms with Crippen LogP contribution in [0.5, 0.6) is 0 Å². The molecule has 2 aliphatic heterocycles. The summed E-state index contributed by atoms with van der Waals surface area (Å²) in [5.41, 5.74) is 1.66. The van der Waals surface area contributed by atoms with Crippen molar-refractivity contribution < 1.29 is 14.6 Å². The summed E-state index contributed by atoms with van der Waals surface area (Å²) in [6.07, 6.45) is 5.36. The number of ether oxygens (including phenoxy) is 1. The van der Waals surface area contributed by atoms with Gasteiger partial charge in [0.25, 0.3) is 0 Å². The molecule has 0 radical (unpaired) electrons. The molecule has 0 saturated carbocycles. The normalized spacial score (nSPS) is 23.5. The molecule has 4 rings (SSSR count). The third-order valence-electron chi connectivity index (χ3n) is 6.22. The predicted molar refractivity (Wildman–Crippen MR) is 107 cm³/mol. The number of rotatable bonds is 6. The van der Waals surface area contributed by atoms with E-state index in [1.807, 2.05) is 4.57 Å². The molecular formula is C21H29N3O4. The zero-order valence-corrected chi connectivity index (χ0v) is 16.5. The molecule has 2 aliphatic rings. The lowest BCUT2D eigenvalue weighted by atomic mass is 10.1. The van der Waals surface area contributed by atoms with Crippen LogP contribution in [0.15, 0.2) is 23.0 Å². The van der Waals surface area contributed by atoms with Crippen LogP contribution in [0.4, 0.5) is 0 Å². The smallest absolute Gasteiger partial charge is 0.335 e. The molecule has 2 aromatic rings. The quantitative estimate of drug-likeness (QED) is 0.824. The standard InChI is InChI=1S/C21H29N3O4/c1-2-22-10-5-6-16(22)13-23-18-9-8-15(20(25)26)12-19(18)24(21(23)27)14-17-7-3-4-11-28-17/h8-9,12,16-17H,2-7,10-11,13-14H2,1H3,(H,25,26)/t16-,17-/m1/s1. The maximum atomic E-state index is 13.3. The molecule has 2 atom stereocenters. The summed E-state index contributed by atoms with van der Waals surface area (Å²) < 4.78 is 9.41. The van der Waals surface area contributed by atoms with Crippen LogP contribution in [-0.2, 0) is 17.8 Å². The fourth-order valence-electron chi connectivity index (χ4n) is 4.69. The molecule has 0 spiro atoms. The molecule has 2 fully saturated rings. The highest BCUT2D eigenvalue weighted by molar-refractivity contribution is 5.92. The van der Waals surface area contributed by atoms with E-state index in [-0.39, 0.29) is 17.4 Å². The summed E-state index contributed by atoms with van der Waals surface area (Å²) in [6.45, 7) is 6.07. The molecule has 28 heavy (non-hydrogen) atoms. The molecule has 3 heterocycles. The molecule has 7 heteroatoms. The Morgan fingerprint density at radius 2 is 1.96 bits per heavy atom. The number of likely N-dealkylation sites (tertiary alicyclic amines) is 1. The van der Waals surface area contributed by atoms with Crippen molar-refractivity contribution >= 4 is 17.0 Å². The Balaban J connectivity index is 1.74. The van der Waals surface area contributed by atoms with Crippen LogP contribution in [0.3, 0.4) is 0 Å². The lowest BCUT2D eigenvalue weighted by Gasteiger charge is -2.23. The van der Waals surface area contributed by atoms with Gasteiger partial charge in [-0.25, -0.2) is 9.59 Å². The van der Waals surface area contributed by atoms with Crippen molar-refractivity contribution in [3.8, 4) is 0 Å². The summed E-state index contributed by atoms with van der Waals surface area (Å²) in [5.74, 6) is -0.976. The van der Waals surface area contributed by atoms with Crippen LogP contribution in [0.1, 0.15) is 49.4 Å². The van der Waals surface area contributed by atoms with E-state index in [0.29, 0.717) is 24.6 Å². The van der Waals surface area contributed by atoms with Crippen LogP contribution < -0.4 is 5.69 Å². The van der Waals surface area contributed by atoms with Crippen molar-refractivity contribution in [2.24, 2.45) is 0 Å². The van der Waals surface area contributed by atoms with Gasteiger partial charge in [-0.3, -0.25) is 14.0 Å². The van der Waals surface area contributed by atoms with Gasteiger partial charge in [-0.1, -0.05) is 6.92 Å². The molecule has 0 bridgehead atoms. The number of fused-ring (bicyclic) bond motifs is 1.